The number of hydrogen-bond donors (Lipinski definition) is 0. The van der Waals surface area contributed by atoms with Crippen LogP contribution in [0.3, 0.4) is 0 Å². The summed E-state index contributed by atoms with van der Waals surface area (Å²) in [5, 5.41) is 0. The highest BCUT2D eigenvalue weighted by Crippen LogP contribution is 2.36. The molecule has 0 aromatic heterocycles. The van der Waals surface area contributed by atoms with E-state index in [0.717, 1.165) is 39.3 Å². The van der Waals surface area contributed by atoms with Gasteiger partial charge in [0.15, 0.2) is 0 Å². The van der Waals surface area contributed by atoms with Crippen molar-refractivity contribution < 1.29 is 18.9 Å². The molecule has 0 aromatic carbocycles. The minimum absolute atomic E-state index is 0.221. The maximum Gasteiger partial charge on any atom is 0.144 e. The molecule has 0 spiro atoms. The van der Waals surface area contributed by atoms with Crippen LogP contribution in [-0.2, 0) is 18.9 Å². The lowest BCUT2D eigenvalue weighted by Crippen LogP contribution is -2.42. The Kier molecular flexibility index (Phi) is 28.5. The van der Waals surface area contributed by atoms with Gasteiger partial charge in [0.05, 0.1) is 19.0 Å². The first-order valence-corrected chi connectivity index (χ1v) is 22.8. The zero-order chi connectivity index (χ0) is 27.5. The van der Waals surface area contributed by atoms with Gasteiger partial charge in [0.1, 0.15) is 10.8 Å². The molecule has 0 unspecified atom stereocenters. The van der Waals surface area contributed by atoms with Gasteiger partial charge in [-0.05, 0) is 76.0 Å². The second-order valence-corrected chi connectivity index (χ2v) is 18.8. The van der Waals surface area contributed by atoms with Gasteiger partial charge in [-0.1, -0.05) is 86.0 Å². The van der Waals surface area contributed by atoms with Crippen molar-refractivity contribution in [2.45, 2.75) is 142 Å². The molecule has 0 aliphatic carbocycles. The van der Waals surface area contributed by atoms with E-state index in [9.17, 15) is 0 Å². The van der Waals surface area contributed by atoms with Gasteiger partial charge in [0, 0.05) is 37.9 Å². The lowest BCUT2D eigenvalue weighted by Gasteiger charge is -2.33. The Bertz CT molecular complexity index is 427. The van der Waals surface area contributed by atoms with Crippen LogP contribution in [0.1, 0.15) is 119 Å². The topological polar surface area (TPSA) is 36.9 Å². The van der Waals surface area contributed by atoms with Crippen LogP contribution in [0.15, 0.2) is 0 Å². The monoisotopic (exact) mass is 614 g/mol. The first-order chi connectivity index (χ1) is 18.1. The van der Waals surface area contributed by atoms with Crippen molar-refractivity contribution in [3.05, 3.63) is 0 Å². The minimum atomic E-state index is -0.381. The molecule has 0 rings (SSSR count). The van der Waals surface area contributed by atoms with Crippen LogP contribution in [0.2, 0.25) is 12.1 Å². The van der Waals surface area contributed by atoms with Gasteiger partial charge < -0.3 is 18.9 Å². The fourth-order valence-electron chi connectivity index (χ4n) is 4.82. The van der Waals surface area contributed by atoms with Gasteiger partial charge in [-0.15, -0.1) is 0 Å². The summed E-state index contributed by atoms with van der Waals surface area (Å²) in [6.07, 6.45) is 15.0. The van der Waals surface area contributed by atoms with Crippen molar-refractivity contribution in [1.82, 2.24) is 0 Å². The predicted molar refractivity (Wildman–Crippen MR) is 178 cm³/mol. The summed E-state index contributed by atoms with van der Waals surface area (Å²) in [5.74, 6) is 2.43. The largest absolute Gasteiger partial charge is 0.355 e. The molecular weight excluding hydrogens is 553 g/mol. The molecule has 0 radical (unpaired) electrons. The highest BCUT2D eigenvalue weighted by molar-refractivity contribution is 9.09. The lowest BCUT2D eigenvalue weighted by atomic mass is 10.2. The molecule has 0 heterocycles. The van der Waals surface area contributed by atoms with E-state index in [4.69, 9.17) is 18.9 Å². The predicted octanol–water partition coefficient (Wildman–Crippen LogP) is 8.36. The maximum atomic E-state index is 6.23. The van der Waals surface area contributed by atoms with Crippen LogP contribution in [0.25, 0.3) is 0 Å². The SMILES string of the molecule is CCCCC[SiH2]C(CCCCSSSCCCCC(OCC)(OCC)[SiH2]CCCCC)(OCC)OCC. The molecule has 0 saturated carbocycles. The lowest BCUT2D eigenvalue weighted by molar-refractivity contribution is -0.180. The molecule has 0 fully saturated rings. The Labute approximate surface area is 247 Å². The molecule has 0 aliphatic rings. The smallest absolute Gasteiger partial charge is 0.144 e. The normalized spacial score (nSPS) is 13.1. The summed E-state index contributed by atoms with van der Waals surface area (Å²) in [4.78, 5) is 0. The van der Waals surface area contributed by atoms with E-state index in [1.165, 1.54) is 87.8 Å². The van der Waals surface area contributed by atoms with E-state index in [1.54, 1.807) is 0 Å². The Balaban J connectivity index is 4.12. The summed E-state index contributed by atoms with van der Waals surface area (Å²) in [5.41, 5.74) is -0.443. The zero-order valence-electron chi connectivity index (χ0n) is 25.4. The van der Waals surface area contributed by atoms with Gasteiger partial charge in [0.2, 0.25) is 0 Å². The molecule has 0 saturated heterocycles. The van der Waals surface area contributed by atoms with Gasteiger partial charge >= 0.3 is 0 Å². The van der Waals surface area contributed by atoms with E-state index in [2.05, 4.69) is 41.5 Å². The summed E-state index contributed by atoms with van der Waals surface area (Å²) >= 11 is 0. The third-order valence-corrected chi connectivity index (χ3v) is 15.8. The molecule has 4 nitrogen and oxygen atoms in total. The summed E-state index contributed by atoms with van der Waals surface area (Å²) in [6.45, 7) is 16.1. The van der Waals surface area contributed by atoms with Crippen LogP contribution in [0.5, 0.6) is 0 Å². The molecule has 0 aromatic rings. The van der Waals surface area contributed by atoms with Crippen LogP contribution >= 0.6 is 31.4 Å². The van der Waals surface area contributed by atoms with Gasteiger partial charge in [-0.2, -0.15) is 0 Å². The molecule has 9 heteroatoms. The van der Waals surface area contributed by atoms with Gasteiger partial charge in [-0.3, -0.25) is 0 Å². The first-order valence-electron chi connectivity index (χ1n) is 15.5. The summed E-state index contributed by atoms with van der Waals surface area (Å²) in [6, 6.07) is 2.68. The Morgan fingerprint density at radius 1 is 0.486 bits per heavy atom. The van der Waals surface area contributed by atoms with E-state index in [0.29, 0.717) is 0 Å². The summed E-state index contributed by atoms with van der Waals surface area (Å²) in [7, 11) is 5.25. The van der Waals surface area contributed by atoms with Crippen LogP contribution in [0, 0.1) is 0 Å². The van der Waals surface area contributed by atoms with Crippen LogP contribution < -0.4 is 0 Å². The Hall–Kier alpha value is 1.32. The van der Waals surface area contributed by atoms with Crippen molar-refractivity contribution in [1.29, 1.82) is 0 Å². The fraction of sp³-hybridized carbons (Fsp3) is 1.00. The summed E-state index contributed by atoms with van der Waals surface area (Å²) < 4.78 is 24.9. The first kappa shape index (κ1) is 38.3. The minimum Gasteiger partial charge on any atom is -0.355 e. The van der Waals surface area contributed by atoms with Gasteiger partial charge in [0.25, 0.3) is 0 Å². The molecule has 0 atom stereocenters. The van der Waals surface area contributed by atoms with E-state index < -0.39 is 0 Å². The van der Waals surface area contributed by atoms with Crippen molar-refractivity contribution >= 4 is 50.5 Å². The Morgan fingerprint density at radius 3 is 1.19 bits per heavy atom. The molecular formula is C28H62O4S3Si2. The average molecular weight is 615 g/mol. The highest BCUT2D eigenvalue weighted by atomic mass is 33.5. The van der Waals surface area contributed by atoms with Crippen LogP contribution in [-0.4, -0.2) is 67.8 Å². The van der Waals surface area contributed by atoms with E-state index >= 15 is 0 Å². The standard InChI is InChI=1S/C28H62O4S3Si2/c1-7-13-19-25-36-27(29-9-3,30-10-4)21-15-17-23-33-35-34-24-18-16-22-28(31-11-5,32-12-6)37-26-20-14-8-2/h7-26,36-37H2,1-6H3. The fourth-order valence-corrected chi connectivity index (χ4v) is 13.5. The van der Waals surface area contributed by atoms with E-state index in [1.807, 2.05) is 31.4 Å². The Morgan fingerprint density at radius 2 is 0.865 bits per heavy atom. The van der Waals surface area contributed by atoms with E-state index in [-0.39, 0.29) is 29.9 Å². The quantitative estimate of drug-likeness (QED) is 0.0348. The van der Waals surface area contributed by atoms with Crippen molar-refractivity contribution in [2.24, 2.45) is 0 Å². The second-order valence-electron chi connectivity index (χ2n) is 9.80. The highest BCUT2D eigenvalue weighted by Gasteiger charge is 2.31. The van der Waals surface area contributed by atoms with Crippen molar-refractivity contribution in [3.63, 3.8) is 0 Å². The van der Waals surface area contributed by atoms with Crippen molar-refractivity contribution in [3.8, 4) is 0 Å². The zero-order valence-corrected chi connectivity index (χ0v) is 30.7. The number of rotatable bonds is 30. The molecule has 0 N–H and O–H groups in total. The number of unbranched alkanes of at least 4 members (excludes halogenated alkanes) is 6. The van der Waals surface area contributed by atoms with Crippen LogP contribution in [0.4, 0.5) is 0 Å². The van der Waals surface area contributed by atoms with Gasteiger partial charge in [-0.25, -0.2) is 0 Å². The average Bonchev–Trinajstić information content (AvgIpc) is 2.88. The molecule has 37 heavy (non-hydrogen) atoms. The number of hydrogen-bond acceptors (Lipinski definition) is 7. The third kappa shape index (κ3) is 20.8. The van der Waals surface area contributed by atoms with Crippen molar-refractivity contribution in [2.75, 3.05) is 37.9 Å². The maximum absolute atomic E-state index is 6.23. The third-order valence-electron chi connectivity index (χ3n) is 6.62. The molecule has 0 amide bonds. The number of ether oxygens (including phenoxy) is 4. The molecule has 0 bridgehead atoms. The molecule has 224 valence electrons. The molecule has 0 aliphatic heterocycles. The second kappa shape index (κ2) is 27.5.